The minimum Gasteiger partial charge on any atom is -0.480 e. The number of nitrogens with two attached hydrogens (primary N) is 4. The molecular weight excluding hydrogens is 702 g/mol. The largest absolute Gasteiger partial charge is 0.480 e. The van der Waals surface area contributed by atoms with E-state index in [4.69, 9.17) is 22.9 Å². The van der Waals surface area contributed by atoms with Crippen LogP contribution in [0.4, 0.5) is 0 Å². The fourth-order valence-electron chi connectivity index (χ4n) is 5.09. The molecule has 0 radical (unpaired) electrons. The van der Waals surface area contributed by atoms with Gasteiger partial charge in [0.15, 0.2) is 5.96 Å². The number of nitrogens with zero attached hydrogens (tertiary/aromatic N) is 1. The zero-order valence-electron chi connectivity index (χ0n) is 31.6. The Hall–Kier alpha value is -5.30. The molecule has 0 aliphatic heterocycles. The van der Waals surface area contributed by atoms with E-state index in [0.717, 1.165) is 5.56 Å². The van der Waals surface area contributed by atoms with Crippen molar-refractivity contribution in [3.8, 4) is 0 Å². The second kappa shape index (κ2) is 24.9. The van der Waals surface area contributed by atoms with Gasteiger partial charge in [0.05, 0.1) is 12.6 Å². The van der Waals surface area contributed by atoms with Crippen LogP contribution in [-0.2, 0) is 40.0 Å². The molecule has 1 aromatic rings. The Morgan fingerprint density at radius 1 is 0.704 bits per heavy atom. The zero-order chi connectivity index (χ0) is 40.8. The Kier molecular flexibility index (Phi) is 21.5. The lowest BCUT2D eigenvalue weighted by Gasteiger charge is -2.25. The second-order valence-corrected chi connectivity index (χ2v) is 13.4. The van der Waals surface area contributed by atoms with E-state index in [1.807, 2.05) is 30.3 Å². The molecule has 19 nitrogen and oxygen atoms in total. The third-order valence-electron chi connectivity index (χ3n) is 8.06. The van der Waals surface area contributed by atoms with Gasteiger partial charge >= 0.3 is 5.97 Å². The van der Waals surface area contributed by atoms with Crippen LogP contribution in [0.1, 0.15) is 71.8 Å². The molecule has 0 heterocycles. The summed E-state index contributed by atoms with van der Waals surface area (Å²) in [6.07, 6.45) is 1.86. The number of benzene rings is 1. The maximum absolute atomic E-state index is 13.6. The van der Waals surface area contributed by atoms with E-state index in [0.29, 0.717) is 19.4 Å². The third-order valence-corrected chi connectivity index (χ3v) is 8.06. The van der Waals surface area contributed by atoms with Crippen LogP contribution in [0.5, 0.6) is 0 Å². The first-order valence-corrected chi connectivity index (χ1v) is 18.0. The summed E-state index contributed by atoms with van der Waals surface area (Å²) < 4.78 is 0. The number of guanidine groups is 1. The third kappa shape index (κ3) is 19.0. The van der Waals surface area contributed by atoms with Crippen LogP contribution in [0, 0.1) is 5.92 Å². The van der Waals surface area contributed by atoms with Crippen molar-refractivity contribution in [2.45, 2.75) is 109 Å². The molecule has 0 aliphatic rings. The summed E-state index contributed by atoms with van der Waals surface area (Å²) in [7, 11) is 0. The summed E-state index contributed by atoms with van der Waals surface area (Å²) in [5.41, 5.74) is 23.3. The van der Waals surface area contributed by atoms with E-state index in [1.165, 1.54) is 13.8 Å². The molecule has 0 saturated heterocycles. The smallest absolute Gasteiger partial charge is 0.326 e. The summed E-state index contributed by atoms with van der Waals surface area (Å²) >= 11 is 0. The van der Waals surface area contributed by atoms with Crippen LogP contribution in [0.3, 0.4) is 0 Å². The second-order valence-electron chi connectivity index (χ2n) is 13.4. The number of amides is 6. The Bertz CT molecular complexity index is 1420. The highest BCUT2D eigenvalue weighted by Gasteiger charge is 2.30. The van der Waals surface area contributed by atoms with Crippen LogP contribution in [0.2, 0.25) is 0 Å². The van der Waals surface area contributed by atoms with Gasteiger partial charge < -0.3 is 59.9 Å². The van der Waals surface area contributed by atoms with Crippen molar-refractivity contribution in [1.29, 1.82) is 0 Å². The Morgan fingerprint density at radius 2 is 1.26 bits per heavy atom. The molecular formula is C35H59N11O8. The van der Waals surface area contributed by atoms with Gasteiger partial charge in [-0.05, 0) is 76.8 Å². The molecule has 0 spiro atoms. The number of carboxylic acid groups (broad SMARTS) is 1. The molecule has 19 heteroatoms. The normalized spacial score (nSPS) is 14.2. The SMILES string of the molecule is CC(C)C[C@H](NC(=O)[C@H](C)NC(=O)CNC(=O)[C@H](CCCCN)NC(=O)[C@H](CCCN=C(N)N)NC(=O)[C@H](C)NC(=O)[C@@H](N)Cc1ccccc1)C(=O)O. The fraction of sp³-hybridized carbons (Fsp3) is 0.600. The van der Waals surface area contributed by atoms with Gasteiger partial charge in [0.2, 0.25) is 35.4 Å². The number of nitrogens with one attached hydrogen (secondary N) is 6. The minimum atomic E-state index is -1.21. The van der Waals surface area contributed by atoms with Crippen LogP contribution < -0.4 is 54.8 Å². The lowest BCUT2D eigenvalue weighted by molar-refractivity contribution is -0.142. The van der Waals surface area contributed by atoms with E-state index in [-0.39, 0.29) is 50.5 Å². The number of aliphatic carboxylic acids is 1. The molecule has 0 unspecified atom stereocenters. The Balaban J connectivity index is 2.96. The van der Waals surface area contributed by atoms with Crippen molar-refractivity contribution < 1.29 is 38.7 Å². The zero-order valence-corrected chi connectivity index (χ0v) is 31.6. The van der Waals surface area contributed by atoms with E-state index in [1.54, 1.807) is 13.8 Å². The predicted octanol–water partition coefficient (Wildman–Crippen LogP) is -2.55. The van der Waals surface area contributed by atoms with E-state index in [2.05, 4.69) is 36.9 Å². The molecule has 15 N–H and O–H groups in total. The van der Waals surface area contributed by atoms with Crippen molar-refractivity contribution >= 4 is 47.4 Å². The van der Waals surface area contributed by atoms with Crippen molar-refractivity contribution in [3.05, 3.63) is 35.9 Å². The van der Waals surface area contributed by atoms with Crippen LogP contribution in [0.25, 0.3) is 0 Å². The topological polar surface area (TPSA) is 328 Å². The number of carbonyl (C=O) groups is 7. The molecule has 0 saturated carbocycles. The molecule has 6 amide bonds. The summed E-state index contributed by atoms with van der Waals surface area (Å²) in [5.74, 6) is -5.51. The fourth-order valence-corrected chi connectivity index (χ4v) is 5.09. The van der Waals surface area contributed by atoms with Gasteiger partial charge in [-0.1, -0.05) is 44.2 Å². The van der Waals surface area contributed by atoms with Crippen LogP contribution in [0.15, 0.2) is 35.3 Å². The number of rotatable bonds is 25. The standard InChI is InChI=1S/C35H59N11O8/c1-20(2)17-27(34(53)54)46-29(48)21(3)42-28(47)19-41-32(51)25(13-8-9-15-36)45-33(52)26(14-10-16-40-35(38)39)44-30(49)22(4)43-31(50)24(37)18-23-11-6-5-7-12-23/h5-7,11-12,20-22,24-27H,8-10,13-19,36-37H2,1-4H3,(H,41,51)(H,42,47)(H,43,50)(H,44,49)(H,45,52)(H,46,48)(H,53,54)(H4,38,39,40)/t21-,22-,24-,25-,26-,27-/m0/s1. The first kappa shape index (κ1) is 46.7. The minimum absolute atomic E-state index is 0.00731. The van der Waals surface area contributed by atoms with Crippen molar-refractivity contribution in [1.82, 2.24) is 31.9 Å². The Morgan fingerprint density at radius 3 is 1.83 bits per heavy atom. The molecule has 1 aromatic carbocycles. The average molecular weight is 762 g/mol. The molecule has 0 aromatic heterocycles. The number of carboxylic acids is 1. The average Bonchev–Trinajstić information content (AvgIpc) is 3.10. The molecule has 54 heavy (non-hydrogen) atoms. The summed E-state index contributed by atoms with van der Waals surface area (Å²) in [5, 5.41) is 24.4. The van der Waals surface area contributed by atoms with Gasteiger partial charge in [0, 0.05) is 6.54 Å². The molecule has 0 bridgehead atoms. The van der Waals surface area contributed by atoms with Gasteiger partial charge in [-0.2, -0.15) is 0 Å². The quantitative estimate of drug-likeness (QED) is 0.0279. The number of hydrogen-bond acceptors (Lipinski definition) is 10. The maximum atomic E-state index is 13.6. The number of unbranched alkanes of at least 4 members (excludes halogenated alkanes) is 1. The molecule has 1 rings (SSSR count). The lowest BCUT2D eigenvalue weighted by atomic mass is 10.0. The maximum Gasteiger partial charge on any atom is 0.326 e. The Labute approximate surface area is 315 Å². The van der Waals surface area contributed by atoms with Gasteiger partial charge in [0.25, 0.3) is 0 Å². The van der Waals surface area contributed by atoms with Gasteiger partial charge in [-0.3, -0.25) is 33.8 Å². The first-order chi connectivity index (χ1) is 25.4. The van der Waals surface area contributed by atoms with E-state index < -0.39 is 84.2 Å². The number of hydrogen-bond donors (Lipinski definition) is 11. The van der Waals surface area contributed by atoms with Crippen molar-refractivity contribution in [3.63, 3.8) is 0 Å². The summed E-state index contributed by atoms with van der Waals surface area (Å²) in [4.78, 5) is 93.3. The lowest BCUT2D eigenvalue weighted by Crippen LogP contribution is -2.57. The van der Waals surface area contributed by atoms with Crippen LogP contribution in [-0.4, -0.2) is 108 Å². The summed E-state index contributed by atoms with van der Waals surface area (Å²) in [6.45, 7) is 6.33. The van der Waals surface area contributed by atoms with Crippen molar-refractivity contribution in [2.75, 3.05) is 19.6 Å². The van der Waals surface area contributed by atoms with Gasteiger partial charge in [-0.25, -0.2) is 4.79 Å². The molecule has 302 valence electrons. The van der Waals surface area contributed by atoms with E-state index in [9.17, 15) is 38.7 Å². The molecule has 6 atom stereocenters. The highest BCUT2D eigenvalue weighted by Crippen LogP contribution is 2.07. The predicted molar refractivity (Wildman–Crippen MR) is 202 cm³/mol. The number of aliphatic imine (C=N–C) groups is 1. The molecule has 0 fully saturated rings. The van der Waals surface area contributed by atoms with E-state index >= 15 is 0 Å². The van der Waals surface area contributed by atoms with Gasteiger partial charge in [0.1, 0.15) is 30.2 Å². The summed E-state index contributed by atoms with van der Waals surface area (Å²) in [6, 6.07) is 2.53. The number of carbonyl (C=O) groups excluding carboxylic acids is 6. The highest BCUT2D eigenvalue weighted by molar-refractivity contribution is 5.96. The van der Waals surface area contributed by atoms with Crippen LogP contribution >= 0.6 is 0 Å². The molecule has 0 aliphatic carbocycles. The first-order valence-electron chi connectivity index (χ1n) is 18.0. The monoisotopic (exact) mass is 761 g/mol. The van der Waals surface area contributed by atoms with Gasteiger partial charge in [-0.15, -0.1) is 0 Å². The highest BCUT2D eigenvalue weighted by atomic mass is 16.4. The van der Waals surface area contributed by atoms with Crippen molar-refractivity contribution in [2.24, 2.45) is 33.8 Å².